The monoisotopic (exact) mass is 670 g/mol. The van der Waals surface area contributed by atoms with E-state index in [1.807, 2.05) is 70.4 Å². The number of benzene rings is 2. The van der Waals surface area contributed by atoms with Crippen LogP contribution in [0.4, 0.5) is 15.8 Å². The van der Waals surface area contributed by atoms with Crippen molar-refractivity contribution in [3.8, 4) is 0 Å². The first kappa shape index (κ1) is 33.4. The highest BCUT2D eigenvalue weighted by molar-refractivity contribution is 7.07. The molecule has 4 heterocycles. The second-order valence-electron chi connectivity index (χ2n) is 13.1. The Bertz CT molecular complexity index is 1840. The summed E-state index contributed by atoms with van der Waals surface area (Å²) in [4.78, 5) is 44.6. The number of thiophene rings is 1. The first-order valence-electron chi connectivity index (χ1n) is 16.5. The second kappa shape index (κ2) is 13.9. The number of amides is 3. The zero-order valence-electron chi connectivity index (χ0n) is 27.7. The maximum absolute atomic E-state index is 14.3. The lowest BCUT2D eigenvalue weighted by Gasteiger charge is -2.41. The molecule has 4 aromatic rings. The van der Waals surface area contributed by atoms with Crippen molar-refractivity contribution in [2.45, 2.75) is 77.2 Å². The predicted octanol–water partition coefficient (Wildman–Crippen LogP) is 5.22. The highest BCUT2D eigenvalue weighted by Crippen LogP contribution is 2.43. The van der Waals surface area contributed by atoms with E-state index < -0.39 is 30.2 Å². The molecule has 11 heteroatoms. The van der Waals surface area contributed by atoms with Gasteiger partial charge >= 0.3 is 0 Å². The van der Waals surface area contributed by atoms with Gasteiger partial charge in [0.15, 0.2) is 0 Å². The molecule has 2 aromatic carbocycles. The van der Waals surface area contributed by atoms with E-state index in [9.17, 15) is 18.8 Å². The van der Waals surface area contributed by atoms with Gasteiger partial charge in [-0.25, -0.2) is 4.39 Å². The number of para-hydroxylation sites is 2. The number of carbonyl (C=O) groups is 3. The Morgan fingerprint density at radius 1 is 1.17 bits per heavy atom. The van der Waals surface area contributed by atoms with Gasteiger partial charge in [-0.2, -0.15) is 11.3 Å². The minimum absolute atomic E-state index is 0.116. The van der Waals surface area contributed by atoms with E-state index in [1.54, 1.807) is 25.2 Å². The summed E-state index contributed by atoms with van der Waals surface area (Å²) in [5.41, 5.74) is 11.6. The predicted molar refractivity (Wildman–Crippen MR) is 190 cm³/mol. The molecule has 2 aliphatic heterocycles. The first-order chi connectivity index (χ1) is 23.1. The molecule has 0 bridgehead atoms. The normalized spacial score (nSPS) is 18.0. The fraction of sp³-hybridized carbons (Fsp3) is 0.378. The van der Waals surface area contributed by atoms with Crippen LogP contribution in [0.1, 0.15) is 50.3 Å². The summed E-state index contributed by atoms with van der Waals surface area (Å²) in [6, 6.07) is 14.5. The van der Waals surface area contributed by atoms with Gasteiger partial charge in [0.05, 0.1) is 29.5 Å². The van der Waals surface area contributed by atoms with E-state index in [1.165, 1.54) is 0 Å². The smallest absolute Gasteiger partial charge is 0.243 e. The Labute approximate surface area is 284 Å². The van der Waals surface area contributed by atoms with Crippen molar-refractivity contribution in [1.82, 2.24) is 15.2 Å². The molecule has 0 aliphatic carbocycles. The molecular formula is C37H43FN6O3S. The molecule has 3 amide bonds. The number of hydrogen-bond donors (Lipinski definition) is 3. The van der Waals surface area contributed by atoms with Gasteiger partial charge in [-0.05, 0) is 72.8 Å². The van der Waals surface area contributed by atoms with Crippen LogP contribution in [0.3, 0.4) is 0 Å². The van der Waals surface area contributed by atoms with Gasteiger partial charge < -0.3 is 30.7 Å². The van der Waals surface area contributed by atoms with Gasteiger partial charge in [0.2, 0.25) is 17.7 Å². The highest BCUT2D eigenvalue weighted by atomic mass is 32.1. The van der Waals surface area contributed by atoms with Gasteiger partial charge in [0, 0.05) is 55.1 Å². The summed E-state index contributed by atoms with van der Waals surface area (Å²) >= 11 is 1.62. The molecule has 0 radical (unpaired) electrons. The zero-order valence-corrected chi connectivity index (χ0v) is 28.5. The van der Waals surface area contributed by atoms with Gasteiger partial charge in [0.25, 0.3) is 0 Å². The van der Waals surface area contributed by atoms with Crippen LogP contribution in [0.2, 0.25) is 0 Å². The van der Waals surface area contributed by atoms with Crippen LogP contribution in [0, 0.1) is 0 Å². The number of carbonyl (C=O) groups excluding carboxylic acids is 3. The molecular weight excluding hydrogens is 628 g/mol. The third kappa shape index (κ3) is 6.75. The number of halogens is 1. The molecule has 0 saturated carbocycles. The minimum Gasteiger partial charge on any atom is -0.346 e. The van der Waals surface area contributed by atoms with E-state index in [4.69, 9.17) is 5.73 Å². The maximum Gasteiger partial charge on any atom is 0.243 e. The molecule has 1 saturated heterocycles. The molecule has 48 heavy (non-hydrogen) atoms. The summed E-state index contributed by atoms with van der Waals surface area (Å²) in [6.45, 7) is 6.07. The van der Waals surface area contributed by atoms with Crippen LogP contribution in [0.5, 0.6) is 0 Å². The van der Waals surface area contributed by atoms with Crippen LogP contribution in [-0.2, 0) is 40.3 Å². The van der Waals surface area contributed by atoms with E-state index in [-0.39, 0.29) is 24.8 Å². The van der Waals surface area contributed by atoms with Crippen molar-refractivity contribution in [1.29, 1.82) is 0 Å². The van der Waals surface area contributed by atoms with E-state index in [0.717, 1.165) is 51.1 Å². The lowest BCUT2D eigenvalue weighted by atomic mass is 9.92. The number of allylic oxidation sites excluding steroid dienone is 1. The molecule has 2 atom stereocenters. The zero-order chi connectivity index (χ0) is 34.0. The van der Waals surface area contributed by atoms with Gasteiger partial charge in [0.1, 0.15) is 12.7 Å². The van der Waals surface area contributed by atoms with E-state index in [0.29, 0.717) is 25.9 Å². The molecule has 4 N–H and O–H groups in total. The Morgan fingerprint density at radius 2 is 1.98 bits per heavy atom. The maximum atomic E-state index is 14.3. The number of nitrogens with one attached hydrogen (secondary N) is 2. The first-order valence-corrected chi connectivity index (χ1v) is 17.4. The number of alkyl halides is 1. The van der Waals surface area contributed by atoms with Gasteiger partial charge in [-0.3, -0.25) is 14.4 Å². The molecule has 6 rings (SSSR count). The molecule has 252 valence electrons. The van der Waals surface area contributed by atoms with Crippen molar-refractivity contribution < 1.29 is 18.8 Å². The third-order valence-corrected chi connectivity index (χ3v) is 9.92. The largest absolute Gasteiger partial charge is 0.346 e. The number of aryl methyl sites for hydroxylation is 1. The van der Waals surface area contributed by atoms with Crippen LogP contribution in [0.25, 0.3) is 10.9 Å². The SMILES string of the molecule is CC=C1C(NC(=O)[C@@H](Cc2cn(CCF)c3ccccc23)NC(=O)C(C)(C)N)Cc2cccc(N3CCCC3=O)c2N1Cc1ccsc1. The highest BCUT2D eigenvalue weighted by Gasteiger charge is 2.37. The number of nitrogens with two attached hydrogens (primary N) is 1. The van der Waals surface area contributed by atoms with Crippen LogP contribution >= 0.6 is 11.3 Å². The van der Waals surface area contributed by atoms with Crippen LogP contribution < -0.4 is 26.2 Å². The summed E-state index contributed by atoms with van der Waals surface area (Å²) in [7, 11) is 0. The number of nitrogens with zero attached hydrogens (tertiary/aromatic N) is 3. The van der Waals surface area contributed by atoms with E-state index >= 15 is 0 Å². The van der Waals surface area contributed by atoms with Crippen molar-refractivity contribution in [2.75, 3.05) is 23.0 Å². The van der Waals surface area contributed by atoms with Gasteiger partial charge in [-0.1, -0.05) is 36.4 Å². The van der Waals surface area contributed by atoms with Crippen molar-refractivity contribution in [2.24, 2.45) is 5.73 Å². The number of hydrogen-bond acceptors (Lipinski definition) is 6. The summed E-state index contributed by atoms with van der Waals surface area (Å²) in [6.07, 6.45) is 5.94. The average molecular weight is 671 g/mol. The molecule has 0 spiro atoms. The van der Waals surface area contributed by atoms with Crippen LogP contribution in [0.15, 0.2) is 77.3 Å². The third-order valence-electron chi connectivity index (χ3n) is 9.19. The van der Waals surface area contributed by atoms with Crippen LogP contribution in [-0.4, -0.2) is 53.1 Å². The molecule has 1 unspecified atom stereocenters. The topological polar surface area (TPSA) is 113 Å². The quantitative estimate of drug-likeness (QED) is 0.203. The molecule has 2 aromatic heterocycles. The summed E-state index contributed by atoms with van der Waals surface area (Å²) < 4.78 is 15.3. The average Bonchev–Trinajstić information content (AvgIpc) is 3.81. The van der Waals surface area contributed by atoms with Gasteiger partial charge in [-0.15, -0.1) is 0 Å². The molecule has 2 aliphatic rings. The Kier molecular flexibility index (Phi) is 9.70. The second-order valence-corrected chi connectivity index (χ2v) is 13.9. The Morgan fingerprint density at radius 3 is 2.67 bits per heavy atom. The summed E-state index contributed by atoms with van der Waals surface area (Å²) in [5, 5.41) is 11.2. The number of rotatable bonds is 11. The number of fused-ring (bicyclic) bond motifs is 2. The molecule has 9 nitrogen and oxygen atoms in total. The van der Waals surface area contributed by atoms with Crippen molar-refractivity contribution >= 4 is 51.3 Å². The Hall–Kier alpha value is -4.48. The fourth-order valence-electron chi connectivity index (χ4n) is 6.84. The summed E-state index contributed by atoms with van der Waals surface area (Å²) in [5.74, 6) is -0.677. The standard InChI is InChI=1S/C37H43FN6O3S/c1-4-30-28(19-25-9-7-12-32(43-16-8-13-33(43)45)34(25)44(30)21-24-14-18-48-23-24)40-35(46)29(41-36(47)37(2,3)39)20-26-22-42(17-15-38)31-11-6-5-10-27(26)31/h4-7,9-12,14,18,22-23,28-29H,8,13,15-17,19-21,39H2,1-3H3,(H,40,46)(H,41,47)/t28?,29-/m1/s1. The number of anilines is 2. The van der Waals surface area contributed by atoms with Crippen molar-refractivity contribution in [3.63, 3.8) is 0 Å². The lowest BCUT2D eigenvalue weighted by molar-refractivity contribution is -0.131. The molecule has 1 fully saturated rings. The van der Waals surface area contributed by atoms with Crippen molar-refractivity contribution in [3.05, 3.63) is 94.0 Å². The number of aromatic nitrogens is 1. The Balaban J connectivity index is 1.35. The van der Waals surface area contributed by atoms with E-state index in [2.05, 4.69) is 33.0 Å². The minimum atomic E-state index is -1.21. The lowest BCUT2D eigenvalue weighted by Crippen LogP contribution is -2.58. The fourth-order valence-corrected chi connectivity index (χ4v) is 7.50.